The summed E-state index contributed by atoms with van der Waals surface area (Å²) >= 11 is 0. The Kier molecular flexibility index (Phi) is 6.45. The summed E-state index contributed by atoms with van der Waals surface area (Å²) in [5, 5.41) is 12.2. The fourth-order valence-electron chi connectivity index (χ4n) is 3.91. The molecule has 0 saturated carbocycles. The number of benzene rings is 3. The normalized spacial score (nSPS) is 11.1. The van der Waals surface area contributed by atoms with Crippen LogP contribution in [0.15, 0.2) is 77.2 Å². The van der Waals surface area contributed by atoms with Gasteiger partial charge in [0.25, 0.3) is 5.91 Å². The number of hydrogen-bond acceptors (Lipinski definition) is 3. The van der Waals surface area contributed by atoms with Crippen molar-refractivity contribution in [3.63, 3.8) is 0 Å². The molecule has 33 heavy (non-hydrogen) atoms. The van der Waals surface area contributed by atoms with E-state index >= 15 is 0 Å². The van der Waals surface area contributed by atoms with E-state index in [9.17, 15) is 9.90 Å². The molecule has 4 aromatic rings. The van der Waals surface area contributed by atoms with Gasteiger partial charge in [-0.3, -0.25) is 4.79 Å². The van der Waals surface area contributed by atoms with E-state index in [0.717, 1.165) is 16.9 Å². The number of phenols is 1. The summed E-state index contributed by atoms with van der Waals surface area (Å²) in [6.07, 6.45) is 4.61. The van der Waals surface area contributed by atoms with Crippen LogP contribution in [0.25, 0.3) is 12.2 Å². The van der Waals surface area contributed by atoms with Gasteiger partial charge in [0.2, 0.25) is 0 Å². The topological polar surface area (TPSA) is 62.5 Å². The molecule has 1 heterocycles. The summed E-state index contributed by atoms with van der Waals surface area (Å²) in [6.45, 7) is 6.31. The molecule has 0 unspecified atom stereocenters. The molecule has 0 aliphatic carbocycles. The Morgan fingerprint density at radius 1 is 0.848 bits per heavy atom. The van der Waals surface area contributed by atoms with Gasteiger partial charge in [0.1, 0.15) is 11.5 Å². The SMILES string of the molecule is Cc1cc(C)c(Cc2ccc(C(=O)Nc3ccc(C=Cc4ccc(O)cc4)cc3)o2)c(C)c1. The minimum Gasteiger partial charge on any atom is -0.508 e. The Hall–Kier alpha value is -4.05. The second kappa shape index (κ2) is 9.61. The molecule has 0 aliphatic rings. The summed E-state index contributed by atoms with van der Waals surface area (Å²) in [5.41, 5.74) is 7.64. The second-order valence-electron chi connectivity index (χ2n) is 8.32. The second-order valence-corrected chi connectivity index (χ2v) is 8.32. The van der Waals surface area contributed by atoms with Gasteiger partial charge < -0.3 is 14.8 Å². The van der Waals surface area contributed by atoms with Crippen LogP contribution in [0.1, 0.15) is 49.7 Å². The first kappa shape index (κ1) is 22.2. The van der Waals surface area contributed by atoms with Crippen molar-refractivity contribution in [3.8, 4) is 5.75 Å². The third-order valence-corrected chi connectivity index (χ3v) is 5.61. The molecule has 0 spiro atoms. The molecule has 0 aliphatic heterocycles. The van der Waals surface area contributed by atoms with Crippen LogP contribution in [0.2, 0.25) is 0 Å². The van der Waals surface area contributed by atoms with Gasteiger partial charge in [-0.15, -0.1) is 0 Å². The first-order chi connectivity index (χ1) is 15.9. The number of carbonyl (C=O) groups excluding carboxylic acids is 1. The van der Waals surface area contributed by atoms with E-state index < -0.39 is 0 Å². The van der Waals surface area contributed by atoms with Crippen LogP contribution in [0.3, 0.4) is 0 Å². The summed E-state index contributed by atoms with van der Waals surface area (Å²) in [4.78, 5) is 12.6. The van der Waals surface area contributed by atoms with Crippen LogP contribution in [-0.2, 0) is 6.42 Å². The van der Waals surface area contributed by atoms with Crippen molar-refractivity contribution in [2.75, 3.05) is 5.32 Å². The number of anilines is 1. The lowest BCUT2D eigenvalue weighted by Gasteiger charge is -2.10. The van der Waals surface area contributed by atoms with Crippen LogP contribution in [0.4, 0.5) is 5.69 Å². The number of phenolic OH excluding ortho intramolecular Hbond substituents is 1. The lowest BCUT2D eigenvalue weighted by molar-refractivity contribution is 0.0995. The van der Waals surface area contributed by atoms with Crippen molar-refractivity contribution in [3.05, 3.63) is 118 Å². The highest BCUT2D eigenvalue weighted by molar-refractivity contribution is 6.02. The van der Waals surface area contributed by atoms with Crippen LogP contribution >= 0.6 is 0 Å². The van der Waals surface area contributed by atoms with E-state index in [1.54, 1.807) is 18.2 Å². The smallest absolute Gasteiger partial charge is 0.291 e. The Bertz CT molecular complexity index is 1270. The number of rotatable bonds is 6. The Balaban J connectivity index is 1.39. The molecule has 0 atom stereocenters. The predicted molar refractivity (Wildman–Crippen MR) is 134 cm³/mol. The van der Waals surface area contributed by atoms with Gasteiger partial charge in [-0.1, -0.05) is 54.1 Å². The van der Waals surface area contributed by atoms with Crippen molar-refractivity contribution in [1.82, 2.24) is 0 Å². The molecule has 1 amide bonds. The number of aryl methyl sites for hydroxylation is 3. The Labute approximate surface area is 194 Å². The zero-order chi connectivity index (χ0) is 23.4. The van der Waals surface area contributed by atoms with Crippen molar-refractivity contribution >= 4 is 23.7 Å². The zero-order valence-electron chi connectivity index (χ0n) is 19.1. The van der Waals surface area contributed by atoms with Crippen molar-refractivity contribution < 1.29 is 14.3 Å². The van der Waals surface area contributed by atoms with Gasteiger partial charge in [-0.05, 0) is 85.0 Å². The molecule has 4 rings (SSSR count). The van der Waals surface area contributed by atoms with E-state index in [0.29, 0.717) is 17.9 Å². The maximum atomic E-state index is 12.6. The van der Waals surface area contributed by atoms with Gasteiger partial charge in [-0.25, -0.2) is 0 Å². The highest BCUT2D eigenvalue weighted by Gasteiger charge is 2.13. The molecule has 0 fully saturated rings. The quantitative estimate of drug-likeness (QED) is 0.322. The molecular weight excluding hydrogens is 410 g/mol. The fraction of sp³-hybridized carbons (Fsp3) is 0.138. The molecule has 0 radical (unpaired) electrons. The molecule has 0 bridgehead atoms. The Morgan fingerprint density at radius 2 is 1.42 bits per heavy atom. The summed E-state index contributed by atoms with van der Waals surface area (Å²) in [6, 6.07) is 22.5. The van der Waals surface area contributed by atoms with Crippen molar-refractivity contribution in [1.29, 1.82) is 0 Å². The molecule has 4 heteroatoms. The lowest BCUT2D eigenvalue weighted by Crippen LogP contribution is -2.10. The largest absolute Gasteiger partial charge is 0.508 e. The third kappa shape index (κ3) is 5.60. The minimum atomic E-state index is -0.272. The highest BCUT2D eigenvalue weighted by Crippen LogP contribution is 2.22. The van der Waals surface area contributed by atoms with E-state index in [2.05, 4.69) is 38.2 Å². The van der Waals surface area contributed by atoms with Gasteiger partial charge in [0.05, 0.1) is 0 Å². The van der Waals surface area contributed by atoms with Crippen LogP contribution in [-0.4, -0.2) is 11.0 Å². The fourth-order valence-corrected chi connectivity index (χ4v) is 3.91. The highest BCUT2D eigenvalue weighted by atomic mass is 16.3. The summed E-state index contributed by atoms with van der Waals surface area (Å²) < 4.78 is 5.84. The molecule has 3 aromatic carbocycles. The van der Waals surface area contributed by atoms with Gasteiger partial charge in [0, 0.05) is 12.1 Å². The van der Waals surface area contributed by atoms with Crippen molar-refractivity contribution in [2.45, 2.75) is 27.2 Å². The Morgan fingerprint density at radius 3 is 2.03 bits per heavy atom. The maximum Gasteiger partial charge on any atom is 0.291 e. The molecule has 1 aromatic heterocycles. The molecular formula is C29H27NO3. The number of aromatic hydroxyl groups is 1. The minimum absolute atomic E-state index is 0.247. The average molecular weight is 438 g/mol. The number of nitrogens with one attached hydrogen (secondary N) is 1. The molecule has 166 valence electrons. The van der Waals surface area contributed by atoms with Crippen LogP contribution in [0, 0.1) is 20.8 Å². The number of furan rings is 1. The average Bonchev–Trinajstić information content (AvgIpc) is 3.26. The van der Waals surface area contributed by atoms with Gasteiger partial charge in [-0.2, -0.15) is 0 Å². The van der Waals surface area contributed by atoms with Gasteiger partial charge >= 0.3 is 0 Å². The lowest BCUT2D eigenvalue weighted by atomic mass is 9.97. The van der Waals surface area contributed by atoms with E-state index in [-0.39, 0.29) is 11.7 Å². The number of carbonyl (C=O) groups is 1. The third-order valence-electron chi connectivity index (χ3n) is 5.61. The molecule has 4 nitrogen and oxygen atoms in total. The maximum absolute atomic E-state index is 12.6. The predicted octanol–water partition coefficient (Wildman–Crippen LogP) is 6.92. The first-order valence-electron chi connectivity index (χ1n) is 10.9. The monoisotopic (exact) mass is 437 g/mol. The van der Waals surface area contributed by atoms with Crippen LogP contribution < -0.4 is 5.32 Å². The van der Waals surface area contributed by atoms with Gasteiger partial charge in [0.15, 0.2) is 5.76 Å². The number of amides is 1. The van der Waals surface area contributed by atoms with E-state index in [4.69, 9.17) is 4.42 Å². The summed E-state index contributed by atoms with van der Waals surface area (Å²) in [5.74, 6) is 1.04. The molecule has 0 saturated heterocycles. The first-order valence-corrected chi connectivity index (χ1v) is 10.9. The van der Waals surface area contributed by atoms with E-state index in [1.165, 1.54) is 22.3 Å². The number of hydrogen-bond donors (Lipinski definition) is 2. The zero-order valence-corrected chi connectivity index (χ0v) is 19.1. The summed E-state index contributed by atoms with van der Waals surface area (Å²) in [7, 11) is 0. The molecule has 2 N–H and O–H groups in total. The van der Waals surface area contributed by atoms with Crippen molar-refractivity contribution in [2.24, 2.45) is 0 Å². The van der Waals surface area contributed by atoms with E-state index in [1.807, 2.05) is 54.6 Å². The van der Waals surface area contributed by atoms with Crippen LogP contribution in [0.5, 0.6) is 5.75 Å². The standard InChI is InChI=1S/C29H27NO3/c1-19-16-20(2)27(21(3)17-19)18-26-14-15-28(33-26)29(32)30-24-10-6-22(7-11-24)4-5-23-8-12-25(31)13-9-23/h4-17,31H,18H2,1-3H3,(H,30,32).